The zero-order valence-electron chi connectivity index (χ0n) is 18.3. The number of thioether (sulfide) groups is 1. The smallest absolute Gasteiger partial charge is 0.269 e. The van der Waals surface area contributed by atoms with Crippen molar-refractivity contribution in [1.29, 1.82) is 0 Å². The molecule has 1 amide bonds. The number of sulfone groups is 1. The van der Waals surface area contributed by atoms with Crippen LogP contribution in [0.4, 0.5) is 10.8 Å². The maximum atomic E-state index is 12.8. The van der Waals surface area contributed by atoms with Crippen molar-refractivity contribution in [1.82, 2.24) is 15.0 Å². The summed E-state index contributed by atoms with van der Waals surface area (Å²) < 4.78 is 25.4. The molecule has 0 aliphatic carbocycles. The lowest BCUT2D eigenvalue weighted by atomic mass is 10.1. The third-order valence-corrected chi connectivity index (χ3v) is 8.71. The highest BCUT2D eigenvalue weighted by atomic mass is 32.2. The van der Waals surface area contributed by atoms with E-state index in [0.29, 0.717) is 12.1 Å². The Bertz CT molecular complexity index is 1570. The molecular weight excluding hydrogens is 526 g/mol. The number of aromatic nitrogens is 3. The number of aromatic amines is 1. The molecule has 0 fully saturated rings. The van der Waals surface area contributed by atoms with E-state index in [2.05, 4.69) is 20.3 Å². The van der Waals surface area contributed by atoms with Crippen LogP contribution in [0.1, 0.15) is 11.3 Å². The van der Waals surface area contributed by atoms with Crippen molar-refractivity contribution in [3.8, 4) is 0 Å². The van der Waals surface area contributed by atoms with Crippen LogP contribution in [0.2, 0.25) is 0 Å². The number of nitro benzene ring substituents is 1. The average Bonchev–Trinajstić information content (AvgIpc) is 3.32. The number of thiazole rings is 1. The molecule has 0 aliphatic heterocycles. The van der Waals surface area contributed by atoms with Crippen LogP contribution in [-0.2, 0) is 21.1 Å². The molecule has 4 rings (SSSR count). The van der Waals surface area contributed by atoms with E-state index in [0.717, 1.165) is 59.1 Å². The third-order valence-electron chi connectivity index (χ3n) is 4.69. The Morgan fingerprint density at radius 2 is 1.86 bits per heavy atom. The van der Waals surface area contributed by atoms with Gasteiger partial charge in [0.2, 0.25) is 15.7 Å². The lowest BCUT2D eigenvalue weighted by molar-refractivity contribution is -0.384. The number of nitrogens with one attached hydrogen (secondary N) is 2. The van der Waals surface area contributed by atoms with Crippen molar-refractivity contribution >= 4 is 49.7 Å². The summed E-state index contributed by atoms with van der Waals surface area (Å²) in [5.41, 5.74) is 0.992. The van der Waals surface area contributed by atoms with Crippen LogP contribution in [0.25, 0.3) is 0 Å². The highest BCUT2D eigenvalue weighted by molar-refractivity contribution is 7.99. The zero-order chi connectivity index (χ0) is 25.7. The second-order valence-corrected chi connectivity index (χ2v) is 11.5. The third kappa shape index (κ3) is 6.21. The van der Waals surface area contributed by atoms with Gasteiger partial charge in [-0.15, -0.1) is 0 Å². The van der Waals surface area contributed by atoms with Crippen LogP contribution < -0.4 is 10.9 Å². The van der Waals surface area contributed by atoms with E-state index < -0.39 is 20.7 Å². The molecule has 2 aromatic carbocycles. The summed E-state index contributed by atoms with van der Waals surface area (Å²) in [4.78, 5) is 45.3. The van der Waals surface area contributed by atoms with Crippen LogP contribution >= 0.6 is 23.1 Å². The summed E-state index contributed by atoms with van der Waals surface area (Å²) in [7, 11) is -3.96. The molecule has 0 unspecified atom stereocenters. The SMILES string of the molecule is O=C(CSc1nc(Cc2ccccc2)cc(=O)[nH]1)Nc1ncc(S(=O)(=O)c2ccc([N+](=O)[O-])cc2)s1. The number of H-pyrrole nitrogens is 1. The summed E-state index contributed by atoms with van der Waals surface area (Å²) in [6, 6.07) is 15.4. The first kappa shape index (κ1) is 25.2. The van der Waals surface area contributed by atoms with Crippen molar-refractivity contribution in [2.24, 2.45) is 0 Å². The molecule has 0 atom stereocenters. The van der Waals surface area contributed by atoms with E-state index >= 15 is 0 Å². The minimum atomic E-state index is -3.96. The topological polar surface area (TPSA) is 165 Å². The fraction of sp³-hybridized carbons (Fsp3) is 0.0909. The predicted octanol–water partition coefficient (Wildman–Crippen LogP) is 3.29. The van der Waals surface area contributed by atoms with Gasteiger partial charge in [0.25, 0.3) is 11.2 Å². The number of hydrogen-bond donors (Lipinski definition) is 2. The molecule has 0 aliphatic rings. The van der Waals surface area contributed by atoms with Gasteiger partial charge in [0.15, 0.2) is 10.3 Å². The first-order valence-electron chi connectivity index (χ1n) is 10.2. The van der Waals surface area contributed by atoms with Crippen LogP contribution in [0.3, 0.4) is 0 Å². The first-order chi connectivity index (χ1) is 17.2. The summed E-state index contributed by atoms with van der Waals surface area (Å²) in [6.45, 7) is 0. The number of amides is 1. The Labute approximate surface area is 212 Å². The number of carbonyl (C=O) groups excluding carboxylic acids is 1. The van der Waals surface area contributed by atoms with Gasteiger partial charge in [-0.1, -0.05) is 53.4 Å². The van der Waals surface area contributed by atoms with Gasteiger partial charge in [-0.05, 0) is 17.7 Å². The molecule has 0 spiro atoms. The van der Waals surface area contributed by atoms with Gasteiger partial charge in [-0.25, -0.2) is 18.4 Å². The molecule has 0 bridgehead atoms. The highest BCUT2D eigenvalue weighted by Crippen LogP contribution is 2.29. The van der Waals surface area contributed by atoms with Crippen molar-refractivity contribution < 1.29 is 18.1 Å². The summed E-state index contributed by atoms with van der Waals surface area (Å²) >= 11 is 1.78. The van der Waals surface area contributed by atoms with Gasteiger partial charge in [-0.2, -0.15) is 0 Å². The molecule has 184 valence electrons. The van der Waals surface area contributed by atoms with Crippen molar-refractivity contribution in [2.45, 2.75) is 20.7 Å². The Morgan fingerprint density at radius 1 is 1.14 bits per heavy atom. The van der Waals surface area contributed by atoms with Crippen LogP contribution in [0.15, 0.2) is 85.9 Å². The molecule has 14 heteroatoms. The normalized spacial score (nSPS) is 11.2. The van der Waals surface area contributed by atoms with E-state index in [-0.39, 0.29) is 36.4 Å². The van der Waals surface area contributed by atoms with E-state index in [1.165, 1.54) is 6.07 Å². The summed E-state index contributed by atoms with van der Waals surface area (Å²) in [6.07, 6.45) is 1.58. The van der Waals surface area contributed by atoms with Crippen LogP contribution in [0.5, 0.6) is 0 Å². The number of benzene rings is 2. The lowest BCUT2D eigenvalue weighted by Gasteiger charge is -2.05. The predicted molar refractivity (Wildman–Crippen MR) is 134 cm³/mol. The van der Waals surface area contributed by atoms with Gasteiger partial charge in [0, 0.05) is 24.6 Å². The lowest BCUT2D eigenvalue weighted by Crippen LogP contribution is -2.15. The fourth-order valence-corrected chi connectivity index (χ4v) is 6.18. The number of nitro groups is 1. The maximum Gasteiger partial charge on any atom is 0.269 e. The molecule has 2 aromatic heterocycles. The minimum absolute atomic E-state index is 0.0698. The van der Waals surface area contributed by atoms with E-state index in [9.17, 15) is 28.1 Å². The Kier molecular flexibility index (Phi) is 7.57. The summed E-state index contributed by atoms with van der Waals surface area (Å²) in [5, 5.41) is 13.6. The molecule has 2 heterocycles. The standard InChI is InChI=1S/C22H17N5O6S3/c28-18-11-15(10-14-4-2-1-3-5-14)24-22(25-18)34-13-19(29)26-21-23-12-20(35-21)36(32,33)17-8-6-16(7-9-17)27(30)31/h1-9,11-12H,10,13H2,(H,23,26,29)(H,24,25,28). The van der Waals surface area contributed by atoms with Gasteiger partial charge in [-0.3, -0.25) is 19.7 Å². The second kappa shape index (κ2) is 10.8. The van der Waals surface area contributed by atoms with Gasteiger partial charge >= 0.3 is 0 Å². The Hall–Kier alpha value is -3.88. The highest BCUT2D eigenvalue weighted by Gasteiger charge is 2.22. The van der Waals surface area contributed by atoms with E-state index in [1.807, 2.05) is 30.3 Å². The number of rotatable bonds is 9. The van der Waals surface area contributed by atoms with E-state index in [1.54, 1.807) is 0 Å². The zero-order valence-corrected chi connectivity index (χ0v) is 20.7. The number of nitrogens with zero attached hydrogens (tertiary/aromatic N) is 3. The average molecular weight is 544 g/mol. The number of non-ortho nitro benzene ring substituents is 1. The Morgan fingerprint density at radius 3 is 2.56 bits per heavy atom. The van der Waals surface area contributed by atoms with Gasteiger partial charge in [0.1, 0.15) is 4.21 Å². The number of hydrogen-bond acceptors (Lipinski definition) is 10. The molecule has 0 saturated heterocycles. The fourth-order valence-electron chi connectivity index (χ4n) is 3.04. The van der Waals surface area contributed by atoms with Crippen molar-refractivity contribution in [2.75, 3.05) is 11.1 Å². The molecule has 0 radical (unpaired) electrons. The summed E-state index contributed by atoms with van der Waals surface area (Å²) in [5.74, 6) is -0.563. The largest absolute Gasteiger partial charge is 0.301 e. The minimum Gasteiger partial charge on any atom is -0.301 e. The monoisotopic (exact) mass is 543 g/mol. The van der Waals surface area contributed by atoms with Gasteiger partial charge < -0.3 is 10.3 Å². The Balaban J connectivity index is 1.38. The molecule has 36 heavy (non-hydrogen) atoms. The number of carbonyl (C=O) groups is 1. The molecule has 2 N–H and O–H groups in total. The second-order valence-electron chi connectivity index (χ2n) is 7.28. The first-order valence-corrected chi connectivity index (χ1v) is 13.5. The molecule has 0 saturated carbocycles. The quantitative estimate of drug-likeness (QED) is 0.139. The van der Waals surface area contributed by atoms with E-state index in [4.69, 9.17) is 0 Å². The number of anilines is 1. The van der Waals surface area contributed by atoms with Crippen LogP contribution in [0, 0.1) is 10.1 Å². The van der Waals surface area contributed by atoms with Gasteiger partial charge in [0.05, 0.1) is 27.5 Å². The van der Waals surface area contributed by atoms with Crippen LogP contribution in [-0.4, -0.2) is 40.0 Å². The molecule has 11 nitrogen and oxygen atoms in total. The van der Waals surface area contributed by atoms with Crippen molar-refractivity contribution in [3.63, 3.8) is 0 Å². The molecule has 4 aromatic rings. The maximum absolute atomic E-state index is 12.8. The van der Waals surface area contributed by atoms with Crippen molar-refractivity contribution in [3.05, 3.63) is 98.6 Å². The molecular formula is C22H17N5O6S3.